The van der Waals surface area contributed by atoms with Crippen LogP contribution in [-0.4, -0.2) is 33.5 Å². The van der Waals surface area contributed by atoms with Crippen LogP contribution in [-0.2, 0) is 4.79 Å². The number of aliphatic hydroxyl groups excluding tert-OH is 2. The number of carbonyl (C=O) groups is 1. The number of aliphatic hydroxyl groups is 2. The zero-order valence-corrected chi connectivity index (χ0v) is 16.9. The molecule has 2 aliphatic rings. The maximum Gasteiger partial charge on any atom is 0.306 e. The molecule has 2 rings (SSSR count). The molecule has 6 atom stereocenters. The summed E-state index contributed by atoms with van der Waals surface area (Å²) in [5, 5.41) is 27.9. The molecule has 6 unspecified atom stereocenters. The average molecular weight is 367 g/mol. The van der Waals surface area contributed by atoms with E-state index in [0.29, 0.717) is 17.8 Å². The minimum Gasteiger partial charge on any atom is -0.481 e. The maximum atomic E-state index is 9.93. The first-order valence-corrected chi connectivity index (χ1v) is 10.3. The summed E-state index contributed by atoms with van der Waals surface area (Å²) in [4.78, 5) is 9.93. The molecule has 0 bridgehead atoms. The third-order valence-electron chi connectivity index (χ3n) is 5.86. The van der Waals surface area contributed by atoms with E-state index in [0.717, 1.165) is 44.9 Å². The van der Waals surface area contributed by atoms with Crippen molar-refractivity contribution in [2.24, 2.45) is 23.7 Å². The van der Waals surface area contributed by atoms with Crippen LogP contribution in [0.3, 0.4) is 0 Å². The Labute approximate surface area is 159 Å². The summed E-state index contributed by atoms with van der Waals surface area (Å²) in [6, 6.07) is 0. The number of carboxylic acids is 1. The van der Waals surface area contributed by atoms with Crippen LogP contribution in [0.25, 0.3) is 0 Å². The van der Waals surface area contributed by atoms with Gasteiger partial charge in [-0.15, -0.1) is 0 Å². The van der Waals surface area contributed by atoms with Crippen molar-refractivity contribution in [3.63, 3.8) is 0 Å². The Bertz CT molecular complexity index is 483. The zero-order chi connectivity index (χ0) is 19.7. The lowest BCUT2D eigenvalue weighted by Crippen LogP contribution is -2.30. The predicted molar refractivity (Wildman–Crippen MR) is 106 cm³/mol. The first-order valence-electron chi connectivity index (χ1n) is 10.3. The van der Waals surface area contributed by atoms with Crippen LogP contribution in [0, 0.1) is 23.7 Å². The minimum atomic E-state index is -0.706. The lowest BCUT2D eigenvalue weighted by atomic mass is 9.67. The van der Waals surface area contributed by atoms with E-state index in [4.69, 9.17) is 5.11 Å². The molecule has 0 amide bonds. The van der Waals surface area contributed by atoms with Gasteiger partial charge in [-0.25, -0.2) is 0 Å². The van der Waals surface area contributed by atoms with Gasteiger partial charge in [0, 0.05) is 0 Å². The van der Waals surface area contributed by atoms with Crippen LogP contribution in [0.5, 0.6) is 0 Å². The largest absolute Gasteiger partial charge is 0.481 e. The van der Waals surface area contributed by atoms with E-state index in [2.05, 4.69) is 26.0 Å². The molecule has 2 aliphatic carbocycles. The molecular weight excluding hydrogens is 328 g/mol. The van der Waals surface area contributed by atoms with E-state index < -0.39 is 5.97 Å². The number of carboxylic acid groups (broad SMARTS) is 1. The summed E-state index contributed by atoms with van der Waals surface area (Å²) in [5.41, 5.74) is 1.33. The van der Waals surface area contributed by atoms with Gasteiger partial charge in [0.05, 0.1) is 18.1 Å². The molecule has 0 radical (unpaired) electrons. The number of rotatable bonds is 7. The van der Waals surface area contributed by atoms with Gasteiger partial charge in [0.2, 0.25) is 0 Å². The quantitative estimate of drug-likeness (QED) is 0.617. The Morgan fingerprint density at radius 3 is 2.50 bits per heavy atom. The van der Waals surface area contributed by atoms with Crippen molar-refractivity contribution in [1.29, 1.82) is 0 Å². The standard InChI is InChI=1S/C17H28O2.C5H10O2/c1-3-4-14(18)7-9-16-12(2)5-6-13-11-15(19)8-10-17(13)16;1-3-4(2)5(6)7/h5-6,11-12,14-19H,3-4,7-10H2,1-2H3;4H,3H2,1-2H3,(H,6,7). The van der Waals surface area contributed by atoms with E-state index in [9.17, 15) is 15.0 Å². The summed E-state index contributed by atoms with van der Waals surface area (Å²) in [6.07, 6.45) is 12.8. The fraction of sp³-hybridized carbons (Fsp3) is 0.773. The minimum absolute atomic E-state index is 0.135. The maximum absolute atomic E-state index is 9.93. The molecule has 0 saturated heterocycles. The number of hydrogen-bond donors (Lipinski definition) is 3. The van der Waals surface area contributed by atoms with Crippen LogP contribution in [0.2, 0.25) is 0 Å². The van der Waals surface area contributed by atoms with Gasteiger partial charge < -0.3 is 15.3 Å². The van der Waals surface area contributed by atoms with Crippen molar-refractivity contribution in [2.45, 2.75) is 84.8 Å². The Kier molecular flexibility index (Phi) is 10.2. The second-order valence-electron chi connectivity index (χ2n) is 7.97. The van der Waals surface area contributed by atoms with Crippen molar-refractivity contribution in [1.82, 2.24) is 0 Å². The van der Waals surface area contributed by atoms with Crippen molar-refractivity contribution < 1.29 is 20.1 Å². The highest BCUT2D eigenvalue weighted by atomic mass is 16.4. The summed E-state index contributed by atoms with van der Waals surface area (Å²) in [7, 11) is 0. The van der Waals surface area contributed by atoms with Crippen LogP contribution in [0.4, 0.5) is 0 Å². The van der Waals surface area contributed by atoms with Crippen molar-refractivity contribution in [3.8, 4) is 0 Å². The van der Waals surface area contributed by atoms with Crippen molar-refractivity contribution >= 4 is 5.97 Å². The fourth-order valence-electron chi connectivity index (χ4n) is 3.86. The van der Waals surface area contributed by atoms with Gasteiger partial charge in [0.25, 0.3) is 0 Å². The Balaban J connectivity index is 0.000000412. The zero-order valence-electron chi connectivity index (χ0n) is 16.9. The highest BCUT2D eigenvalue weighted by Crippen LogP contribution is 2.42. The normalized spacial score (nSPS) is 29.7. The molecule has 26 heavy (non-hydrogen) atoms. The first-order chi connectivity index (χ1) is 12.3. The van der Waals surface area contributed by atoms with E-state index in [-0.39, 0.29) is 18.1 Å². The van der Waals surface area contributed by atoms with Gasteiger partial charge >= 0.3 is 5.97 Å². The Morgan fingerprint density at radius 2 is 1.96 bits per heavy atom. The van der Waals surface area contributed by atoms with Crippen molar-refractivity contribution in [3.05, 3.63) is 23.8 Å². The molecule has 0 aromatic heterocycles. The van der Waals surface area contributed by atoms with Crippen LogP contribution in [0.15, 0.2) is 23.8 Å². The Morgan fingerprint density at radius 1 is 1.27 bits per heavy atom. The SMILES string of the molecule is CCC(C)C(=O)O.CCCC(O)CCC1C(C)C=CC2=CC(O)CCC21. The van der Waals surface area contributed by atoms with Crippen LogP contribution < -0.4 is 0 Å². The number of fused-ring (bicyclic) bond motifs is 1. The summed E-state index contributed by atoms with van der Waals surface area (Å²) in [5.74, 6) is 0.932. The molecular formula is C22H38O4. The molecule has 0 aromatic rings. The average Bonchev–Trinajstić information content (AvgIpc) is 2.61. The number of hydrogen-bond acceptors (Lipinski definition) is 3. The second-order valence-corrected chi connectivity index (χ2v) is 7.97. The smallest absolute Gasteiger partial charge is 0.306 e. The molecule has 0 spiro atoms. The van der Waals surface area contributed by atoms with Gasteiger partial charge in [-0.3, -0.25) is 4.79 Å². The van der Waals surface area contributed by atoms with Gasteiger partial charge in [0.1, 0.15) is 0 Å². The van der Waals surface area contributed by atoms with Gasteiger partial charge in [-0.05, 0) is 61.9 Å². The van der Waals surface area contributed by atoms with Crippen molar-refractivity contribution in [2.75, 3.05) is 0 Å². The third-order valence-corrected chi connectivity index (χ3v) is 5.86. The van der Waals surface area contributed by atoms with E-state index >= 15 is 0 Å². The summed E-state index contributed by atoms with van der Waals surface area (Å²) >= 11 is 0. The molecule has 4 nitrogen and oxygen atoms in total. The Hall–Kier alpha value is -1.13. The second kappa shape index (κ2) is 11.6. The molecule has 0 fully saturated rings. The lowest BCUT2D eigenvalue weighted by Gasteiger charge is -2.38. The third kappa shape index (κ3) is 7.24. The summed E-state index contributed by atoms with van der Waals surface area (Å²) in [6.45, 7) is 7.97. The van der Waals surface area contributed by atoms with Gasteiger partial charge in [-0.1, -0.05) is 52.3 Å². The highest BCUT2D eigenvalue weighted by molar-refractivity contribution is 5.69. The molecule has 0 saturated carbocycles. The van der Waals surface area contributed by atoms with E-state index in [1.165, 1.54) is 5.57 Å². The fourth-order valence-corrected chi connectivity index (χ4v) is 3.86. The van der Waals surface area contributed by atoms with Crippen LogP contribution >= 0.6 is 0 Å². The first kappa shape index (κ1) is 22.9. The van der Waals surface area contributed by atoms with Gasteiger partial charge in [-0.2, -0.15) is 0 Å². The topological polar surface area (TPSA) is 77.8 Å². The molecule has 0 aliphatic heterocycles. The number of aliphatic carboxylic acids is 1. The molecule has 0 heterocycles. The molecule has 0 aromatic carbocycles. The molecule has 4 heteroatoms. The van der Waals surface area contributed by atoms with Gasteiger partial charge in [0.15, 0.2) is 0 Å². The predicted octanol–water partition coefficient (Wildman–Crippen LogP) is 4.56. The van der Waals surface area contributed by atoms with Crippen LogP contribution in [0.1, 0.15) is 72.6 Å². The monoisotopic (exact) mass is 366 g/mol. The van der Waals surface area contributed by atoms with E-state index in [1.807, 2.05) is 13.0 Å². The molecule has 3 N–H and O–H groups in total. The van der Waals surface area contributed by atoms with E-state index in [1.54, 1.807) is 6.92 Å². The lowest BCUT2D eigenvalue weighted by molar-refractivity contribution is -0.141. The molecule has 150 valence electrons. The summed E-state index contributed by atoms with van der Waals surface area (Å²) < 4.78 is 0. The number of allylic oxidation sites excluding steroid dienone is 3. The highest BCUT2D eigenvalue weighted by Gasteiger charge is 2.33.